The van der Waals surface area contributed by atoms with E-state index in [2.05, 4.69) is 46.5 Å². The number of nitrogens with two attached hydrogens (primary N) is 1. The van der Waals surface area contributed by atoms with Crippen LogP contribution in [0.1, 0.15) is 63.5 Å². The van der Waals surface area contributed by atoms with E-state index in [0.29, 0.717) is 0 Å². The van der Waals surface area contributed by atoms with Gasteiger partial charge in [-0.1, -0.05) is 79.6 Å². The van der Waals surface area contributed by atoms with Crippen molar-refractivity contribution in [2.24, 2.45) is 5.84 Å². The molecule has 1 rings (SSSR count). The lowest BCUT2D eigenvalue weighted by Gasteiger charge is -2.17. The number of nitrogens with one attached hydrogen (secondary N) is 1. The van der Waals surface area contributed by atoms with E-state index in [-0.39, 0.29) is 6.04 Å². The van der Waals surface area contributed by atoms with Gasteiger partial charge in [0, 0.05) is 10.5 Å². The summed E-state index contributed by atoms with van der Waals surface area (Å²) in [6.07, 6.45) is 9.04. The molecule has 0 bridgehead atoms. The van der Waals surface area contributed by atoms with E-state index in [1.807, 2.05) is 6.07 Å². The minimum atomic E-state index is 0.256. The molecule has 102 valence electrons. The van der Waals surface area contributed by atoms with Crippen LogP contribution in [0.25, 0.3) is 0 Å². The number of benzene rings is 1. The Bertz CT molecular complexity index is 328. The Labute approximate surface area is 119 Å². The van der Waals surface area contributed by atoms with Crippen LogP contribution >= 0.6 is 15.9 Å². The molecular formula is C15H25BrN2. The lowest BCUT2D eigenvalue weighted by Crippen LogP contribution is -2.28. The molecule has 0 fully saturated rings. The van der Waals surface area contributed by atoms with Crippen molar-refractivity contribution in [3.8, 4) is 0 Å². The molecule has 3 heteroatoms. The van der Waals surface area contributed by atoms with Gasteiger partial charge < -0.3 is 0 Å². The van der Waals surface area contributed by atoms with E-state index in [1.54, 1.807) is 0 Å². The highest BCUT2D eigenvalue weighted by Gasteiger charge is 2.11. The first-order chi connectivity index (χ1) is 8.79. The molecule has 0 spiro atoms. The summed E-state index contributed by atoms with van der Waals surface area (Å²) in [6, 6.07) is 8.55. The van der Waals surface area contributed by atoms with Gasteiger partial charge in [0.2, 0.25) is 0 Å². The lowest BCUT2D eigenvalue weighted by molar-refractivity contribution is 0.476. The monoisotopic (exact) mass is 312 g/mol. The predicted molar refractivity (Wildman–Crippen MR) is 82.2 cm³/mol. The smallest absolute Gasteiger partial charge is 0.0471 e. The molecule has 1 aromatic carbocycles. The van der Waals surface area contributed by atoms with Gasteiger partial charge in [-0.2, -0.15) is 0 Å². The summed E-state index contributed by atoms with van der Waals surface area (Å²) in [5, 5.41) is 0. The third-order valence-corrected chi connectivity index (χ3v) is 4.05. The normalized spacial score (nSPS) is 12.6. The summed E-state index contributed by atoms with van der Waals surface area (Å²) in [7, 11) is 0. The van der Waals surface area contributed by atoms with Gasteiger partial charge in [-0.25, -0.2) is 0 Å². The van der Waals surface area contributed by atoms with Gasteiger partial charge in [0.1, 0.15) is 0 Å². The molecule has 0 heterocycles. The van der Waals surface area contributed by atoms with Crippen molar-refractivity contribution in [1.29, 1.82) is 0 Å². The first-order valence-electron chi connectivity index (χ1n) is 7.00. The zero-order chi connectivity index (χ0) is 13.2. The average molecular weight is 313 g/mol. The van der Waals surface area contributed by atoms with Crippen LogP contribution < -0.4 is 11.3 Å². The largest absolute Gasteiger partial charge is 0.271 e. The van der Waals surface area contributed by atoms with Crippen molar-refractivity contribution in [3.63, 3.8) is 0 Å². The third kappa shape index (κ3) is 5.51. The van der Waals surface area contributed by atoms with Gasteiger partial charge in [0.05, 0.1) is 0 Å². The van der Waals surface area contributed by atoms with Crippen LogP contribution in [-0.2, 0) is 0 Å². The topological polar surface area (TPSA) is 38.0 Å². The molecule has 2 nitrogen and oxygen atoms in total. The van der Waals surface area contributed by atoms with Crippen molar-refractivity contribution in [2.45, 2.75) is 57.9 Å². The average Bonchev–Trinajstić information content (AvgIpc) is 2.39. The van der Waals surface area contributed by atoms with Crippen LogP contribution in [0.4, 0.5) is 0 Å². The van der Waals surface area contributed by atoms with E-state index in [9.17, 15) is 0 Å². The van der Waals surface area contributed by atoms with Gasteiger partial charge in [0.25, 0.3) is 0 Å². The molecule has 0 saturated carbocycles. The molecule has 0 saturated heterocycles. The fourth-order valence-electron chi connectivity index (χ4n) is 2.22. The Balaban J connectivity index is 2.32. The lowest BCUT2D eigenvalue weighted by atomic mass is 10.0. The summed E-state index contributed by atoms with van der Waals surface area (Å²) < 4.78 is 1.14. The highest BCUT2D eigenvalue weighted by molar-refractivity contribution is 9.10. The summed E-state index contributed by atoms with van der Waals surface area (Å²) >= 11 is 3.59. The minimum Gasteiger partial charge on any atom is -0.271 e. The molecule has 0 amide bonds. The van der Waals surface area contributed by atoms with E-state index < -0.39 is 0 Å². The Morgan fingerprint density at radius 2 is 1.78 bits per heavy atom. The second kappa shape index (κ2) is 9.54. The molecule has 1 aromatic rings. The van der Waals surface area contributed by atoms with Gasteiger partial charge >= 0.3 is 0 Å². The first kappa shape index (κ1) is 15.7. The molecule has 0 aliphatic carbocycles. The number of rotatable bonds is 9. The van der Waals surface area contributed by atoms with Crippen molar-refractivity contribution >= 4 is 15.9 Å². The van der Waals surface area contributed by atoms with Crippen molar-refractivity contribution in [3.05, 3.63) is 34.3 Å². The number of unbranched alkanes of at least 4 members (excludes halogenated alkanes) is 5. The maximum absolute atomic E-state index is 5.67. The Morgan fingerprint density at radius 1 is 1.11 bits per heavy atom. The van der Waals surface area contributed by atoms with Crippen molar-refractivity contribution < 1.29 is 0 Å². The predicted octanol–water partition coefficient (Wildman–Crippen LogP) is 4.70. The zero-order valence-electron chi connectivity index (χ0n) is 11.3. The van der Waals surface area contributed by atoms with E-state index in [0.717, 1.165) is 10.9 Å². The first-order valence-corrected chi connectivity index (χ1v) is 7.79. The summed E-state index contributed by atoms with van der Waals surface area (Å²) in [5.74, 6) is 5.67. The standard InChI is InChI=1S/C15H25BrN2/c1-2-3-4-5-6-7-12-15(18-17)13-10-8-9-11-14(13)16/h8-11,15,18H,2-7,12,17H2,1H3. The number of hydrazine groups is 1. The summed E-state index contributed by atoms with van der Waals surface area (Å²) in [6.45, 7) is 2.25. The quantitative estimate of drug-likeness (QED) is 0.394. The molecule has 1 atom stereocenters. The maximum Gasteiger partial charge on any atom is 0.0471 e. The van der Waals surface area contributed by atoms with Crippen LogP contribution in [0.5, 0.6) is 0 Å². The van der Waals surface area contributed by atoms with Crippen LogP contribution in [-0.4, -0.2) is 0 Å². The van der Waals surface area contributed by atoms with Crippen LogP contribution in [0.2, 0.25) is 0 Å². The minimum absolute atomic E-state index is 0.256. The Kier molecular flexibility index (Phi) is 8.31. The number of halogens is 1. The fraction of sp³-hybridized carbons (Fsp3) is 0.600. The highest BCUT2D eigenvalue weighted by atomic mass is 79.9. The second-order valence-corrected chi connectivity index (χ2v) is 5.65. The Morgan fingerprint density at radius 3 is 2.44 bits per heavy atom. The fourth-order valence-corrected chi connectivity index (χ4v) is 2.78. The second-order valence-electron chi connectivity index (χ2n) is 4.80. The maximum atomic E-state index is 5.67. The van der Waals surface area contributed by atoms with Crippen LogP contribution in [0, 0.1) is 0 Å². The van der Waals surface area contributed by atoms with Crippen LogP contribution in [0.15, 0.2) is 28.7 Å². The number of hydrogen-bond donors (Lipinski definition) is 2. The number of hydrogen-bond acceptors (Lipinski definition) is 2. The molecule has 0 aromatic heterocycles. The van der Waals surface area contributed by atoms with E-state index in [1.165, 1.54) is 44.1 Å². The van der Waals surface area contributed by atoms with Gasteiger partial charge in [-0.15, -0.1) is 0 Å². The summed E-state index contributed by atoms with van der Waals surface area (Å²) in [5.41, 5.74) is 4.19. The van der Waals surface area contributed by atoms with Crippen LogP contribution in [0.3, 0.4) is 0 Å². The molecule has 0 aliphatic rings. The van der Waals surface area contributed by atoms with Crippen molar-refractivity contribution in [1.82, 2.24) is 5.43 Å². The van der Waals surface area contributed by atoms with Gasteiger partial charge in [0.15, 0.2) is 0 Å². The zero-order valence-corrected chi connectivity index (χ0v) is 12.9. The molecule has 0 aliphatic heterocycles. The third-order valence-electron chi connectivity index (χ3n) is 3.33. The highest BCUT2D eigenvalue weighted by Crippen LogP contribution is 2.26. The van der Waals surface area contributed by atoms with E-state index in [4.69, 9.17) is 5.84 Å². The van der Waals surface area contributed by atoms with E-state index >= 15 is 0 Å². The van der Waals surface area contributed by atoms with Gasteiger partial charge in [-0.3, -0.25) is 11.3 Å². The SMILES string of the molecule is CCCCCCCCC(NN)c1ccccc1Br. The Hall–Kier alpha value is -0.380. The molecular weight excluding hydrogens is 288 g/mol. The van der Waals surface area contributed by atoms with Gasteiger partial charge in [-0.05, 0) is 18.1 Å². The molecule has 18 heavy (non-hydrogen) atoms. The molecule has 1 unspecified atom stereocenters. The molecule has 0 radical (unpaired) electrons. The molecule has 3 N–H and O–H groups in total. The summed E-state index contributed by atoms with van der Waals surface area (Å²) in [4.78, 5) is 0. The van der Waals surface area contributed by atoms with Crippen molar-refractivity contribution in [2.75, 3.05) is 0 Å².